The summed E-state index contributed by atoms with van der Waals surface area (Å²) < 4.78 is 1.66. The highest BCUT2D eigenvalue weighted by Crippen LogP contribution is 2.24. The normalized spacial score (nSPS) is 12.1. The molecule has 0 fully saturated rings. The Morgan fingerprint density at radius 3 is 2.50 bits per heavy atom. The van der Waals surface area contributed by atoms with Crippen LogP contribution in [0.25, 0.3) is 10.9 Å². The van der Waals surface area contributed by atoms with Crippen molar-refractivity contribution in [3.63, 3.8) is 0 Å². The van der Waals surface area contributed by atoms with E-state index in [2.05, 4.69) is 24.1 Å². The molecule has 1 unspecified atom stereocenters. The van der Waals surface area contributed by atoms with Crippen LogP contribution in [0, 0.1) is 10.1 Å². The zero-order valence-electron chi connectivity index (χ0n) is 19.6. The third-order valence-corrected chi connectivity index (χ3v) is 6.66. The molecule has 34 heavy (non-hydrogen) atoms. The summed E-state index contributed by atoms with van der Waals surface area (Å²) in [4.78, 5) is 43.3. The van der Waals surface area contributed by atoms with Gasteiger partial charge >= 0.3 is 0 Å². The van der Waals surface area contributed by atoms with E-state index in [1.54, 1.807) is 23.6 Å². The SMILES string of the molecule is CCN(CC)CCCn1c(SC(C)C(=O)Nc2ccc([N+](=O)[O-])cc2)nc2ccccc2c1=O. The fourth-order valence-electron chi connectivity index (χ4n) is 3.55. The number of carbonyl (C=O) groups excluding carboxylic acids is 1. The molecule has 0 saturated heterocycles. The lowest BCUT2D eigenvalue weighted by atomic mass is 10.2. The number of anilines is 1. The second kappa shape index (κ2) is 11.8. The number of aromatic nitrogens is 2. The Balaban J connectivity index is 1.80. The maximum atomic E-state index is 13.2. The van der Waals surface area contributed by atoms with Crippen molar-refractivity contribution < 1.29 is 9.72 Å². The highest BCUT2D eigenvalue weighted by molar-refractivity contribution is 8.00. The van der Waals surface area contributed by atoms with Gasteiger partial charge in [0.25, 0.3) is 11.2 Å². The predicted octanol–water partition coefficient (Wildman–Crippen LogP) is 4.16. The molecule has 3 aromatic rings. The smallest absolute Gasteiger partial charge is 0.269 e. The average molecular weight is 484 g/mol. The van der Waals surface area contributed by atoms with Gasteiger partial charge in [-0.25, -0.2) is 4.98 Å². The quantitative estimate of drug-likeness (QED) is 0.189. The van der Waals surface area contributed by atoms with Crippen LogP contribution >= 0.6 is 11.8 Å². The van der Waals surface area contributed by atoms with Gasteiger partial charge in [-0.15, -0.1) is 0 Å². The van der Waals surface area contributed by atoms with E-state index in [1.165, 1.54) is 36.0 Å². The molecule has 2 aromatic carbocycles. The number of nitrogens with one attached hydrogen (secondary N) is 1. The van der Waals surface area contributed by atoms with Crippen molar-refractivity contribution in [2.24, 2.45) is 0 Å². The zero-order chi connectivity index (χ0) is 24.7. The predicted molar refractivity (Wildman–Crippen MR) is 135 cm³/mol. The second-order valence-electron chi connectivity index (χ2n) is 7.80. The molecule has 0 aliphatic rings. The molecule has 9 nitrogen and oxygen atoms in total. The molecular formula is C24H29N5O4S. The molecule has 1 atom stereocenters. The van der Waals surface area contributed by atoms with Gasteiger partial charge in [-0.05, 0) is 57.2 Å². The Kier molecular flexibility index (Phi) is 8.78. The largest absolute Gasteiger partial charge is 0.325 e. The third kappa shape index (κ3) is 6.21. The van der Waals surface area contributed by atoms with Crippen LogP contribution < -0.4 is 10.9 Å². The highest BCUT2D eigenvalue weighted by atomic mass is 32.2. The maximum absolute atomic E-state index is 13.2. The van der Waals surface area contributed by atoms with Crippen LogP contribution in [0.15, 0.2) is 58.5 Å². The molecule has 3 rings (SSSR count). The van der Waals surface area contributed by atoms with E-state index in [-0.39, 0.29) is 17.2 Å². The Bertz CT molecular complexity index is 1210. The number of rotatable bonds is 11. The minimum Gasteiger partial charge on any atom is -0.325 e. The fourth-order valence-corrected chi connectivity index (χ4v) is 4.48. The molecule has 1 heterocycles. The van der Waals surface area contributed by atoms with Gasteiger partial charge in [-0.2, -0.15) is 0 Å². The van der Waals surface area contributed by atoms with E-state index in [1.807, 2.05) is 12.1 Å². The van der Waals surface area contributed by atoms with Crippen molar-refractivity contribution in [3.05, 3.63) is 69.0 Å². The topological polar surface area (TPSA) is 110 Å². The van der Waals surface area contributed by atoms with Gasteiger partial charge < -0.3 is 10.2 Å². The lowest BCUT2D eigenvalue weighted by Crippen LogP contribution is -2.29. The van der Waals surface area contributed by atoms with Crippen LogP contribution in [0.5, 0.6) is 0 Å². The minimum atomic E-state index is -0.544. The van der Waals surface area contributed by atoms with Gasteiger partial charge in [-0.1, -0.05) is 37.7 Å². The molecule has 10 heteroatoms. The molecule has 0 spiro atoms. The number of hydrogen-bond acceptors (Lipinski definition) is 7. The number of benzene rings is 2. The monoisotopic (exact) mass is 483 g/mol. The molecule has 0 radical (unpaired) electrons. The van der Waals surface area contributed by atoms with Crippen LogP contribution in [0.2, 0.25) is 0 Å². The maximum Gasteiger partial charge on any atom is 0.269 e. The van der Waals surface area contributed by atoms with E-state index >= 15 is 0 Å². The van der Waals surface area contributed by atoms with E-state index in [4.69, 9.17) is 4.98 Å². The van der Waals surface area contributed by atoms with Gasteiger partial charge in [0.15, 0.2) is 5.16 Å². The van der Waals surface area contributed by atoms with Crippen molar-refractivity contribution in [1.29, 1.82) is 0 Å². The van der Waals surface area contributed by atoms with Crippen molar-refractivity contribution in [2.45, 2.75) is 44.1 Å². The van der Waals surface area contributed by atoms with Crippen molar-refractivity contribution in [3.8, 4) is 0 Å². The number of hydrogen-bond donors (Lipinski definition) is 1. The molecule has 1 N–H and O–H groups in total. The Hall–Kier alpha value is -3.24. The third-order valence-electron chi connectivity index (χ3n) is 5.57. The number of thioether (sulfide) groups is 1. The molecule has 1 amide bonds. The first-order chi connectivity index (χ1) is 16.3. The van der Waals surface area contributed by atoms with Gasteiger partial charge in [0.1, 0.15) is 0 Å². The minimum absolute atomic E-state index is 0.0467. The van der Waals surface area contributed by atoms with Crippen LogP contribution in [-0.2, 0) is 11.3 Å². The summed E-state index contributed by atoms with van der Waals surface area (Å²) in [7, 11) is 0. The van der Waals surface area contributed by atoms with Crippen LogP contribution in [-0.4, -0.2) is 50.2 Å². The number of nitro groups is 1. The fraction of sp³-hybridized carbons (Fsp3) is 0.375. The summed E-state index contributed by atoms with van der Waals surface area (Å²) in [5, 5.41) is 14.1. The summed E-state index contributed by atoms with van der Waals surface area (Å²) in [6, 6.07) is 12.9. The van der Waals surface area contributed by atoms with Crippen molar-refractivity contribution in [1.82, 2.24) is 14.5 Å². The number of fused-ring (bicyclic) bond motifs is 1. The number of para-hydroxylation sites is 1. The molecular weight excluding hydrogens is 454 g/mol. The first-order valence-corrected chi connectivity index (χ1v) is 12.2. The van der Waals surface area contributed by atoms with Crippen LogP contribution in [0.4, 0.5) is 11.4 Å². The standard InChI is InChI=1S/C24H29N5O4S/c1-4-27(5-2)15-8-16-28-23(31)20-9-6-7-10-21(20)26-24(28)34-17(3)22(30)25-18-11-13-19(14-12-18)29(32)33/h6-7,9-14,17H,4-5,8,15-16H2,1-3H3,(H,25,30). The molecule has 1 aromatic heterocycles. The lowest BCUT2D eigenvalue weighted by Gasteiger charge is -2.20. The van der Waals surface area contributed by atoms with E-state index in [0.29, 0.717) is 28.3 Å². The van der Waals surface area contributed by atoms with Crippen molar-refractivity contribution >= 4 is 39.9 Å². The number of nitro benzene ring substituents is 1. The summed E-state index contributed by atoms with van der Waals surface area (Å²) in [6.07, 6.45) is 0.790. The Morgan fingerprint density at radius 1 is 1.18 bits per heavy atom. The van der Waals surface area contributed by atoms with Crippen molar-refractivity contribution in [2.75, 3.05) is 25.0 Å². The average Bonchev–Trinajstić information content (AvgIpc) is 2.83. The lowest BCUT2D eigenvalue weighted by molar-refractivity contribution is -0.384. The molecule has 0 bridgehead atoms. The summed E-state index contributed by atoms with van der Waals surface area (Å²) in [6.45, 7) is 9.23. The Labute approximate surface area is 202 Å². The first-order valence-electron chi connectivity index (χ1n) is 11.3. The van der Waals surface area contributed by atoms with Gasteiger partial charge in [-0.3, -0.25) is 24.3 Å². The Morgan fingerprint density at radius 2 is 1.85 bits per heavy atom. The van der Waals surface area contributed by atoms with Crippen LogP contribution in [0.3, 0.4) is 0 Å². The number of non-ortho nitro benzene ring substituents is 1. The summed E-state index contributed by atoms with van der Waals surface area (Å²) >= 11 is 1.22. The van der Waals surface area contributed by atoms with E-state index < -0.39 is 10.2 Å². The summed E-state index contributed by atoms with van der Waals surface area (Å²) in [5.74, 6) is -0.282. The first kappa shape index (κ1) is 25.4. The number of nitrogens with zero attached hydrogens (tertiary/aromatic N) is 4. The molecule has 0 aliphatic carbocycles. The van der Waals surface area contributed by atoms with Gasteiger partial charge in [0.2, 0.25) is 5.91 Å². The van der Waals surface area contributed by atoms with Gasteiger partial charge in [0, 0.05) is 24.4 Å². The zero-order valence-corrected chi connectivity index (χ0v) is 20.4. The summed E-state index contributed by atoms with van der Waals surface area (Å²) in [5.41, 5.74) is 0.897. The van der Waals surface area contributed by atoms with E-state index in [0.717, 1.165) is 26.1 Å². The number of carbonyl (C=O) groups is 1. The second-order valence-corrected chi connectivity index (χ2v) is 9.11. The van der Waals surface area contributed by atoms with Crippen LogP contribution in [0.1, 0.15) is 27.2 Å². The molecule has 180 valence electrons. The van der Waals surface area contributed by atoms with Gasteiger partial charge in [0.05, 0.1) is 21.1 Å². The molecule has 0 saturated carbocycles. The highest BCUT2D eigenvalue weighted by Gasteiger charge is 2.20. The molecule has 0 aliphatic heterocycles. The van der Waals surface area contributed by atoms with E-state index in [9.17, 15) is 19.7 Å². The number of amides is 1.